The van der Waals surface area contributed by atoms with E-state index in [1.165, 1.54) is 11.1 Å². The van der Waals surface area contributed by atoms with Crippen LogP contribution >= 0.6 is 11.6 Å². The van der Waals surface area contributed by atoms with Gasteiger partial charge in [-0.1, -0.05) is 54.1 Å². The van der Waals surface area contributed by atoms with Crippen molar-refractivity contribution in [1.82, 2.24) is 5.32 Å². The molecule has 21 heavy (non-hydrogen) atoms. The molecule has 2 nitrogen and oxygen atoms in total. The fraction of sp³-hybridized carbons (Fsp3) is 0.333. The summed E-state index contributed by atoms with van der Waals surface area (Å²) in [4.78, 5) is 0. The molecule has 1 atom stereocenters. The number of benzene rings is 2. The number of hydrogen-bond acceptors (Lipinski definition) is 2. The summed E-state index contributed by atoms with van der Waals surface area (Å²) in [7, 11) is 0. The summed E-state index contributed by atoms with van der Waals surface area (Å²) in [6.45, 7) is 3.04. The molecule has 3 heteroatoms. The molecule has 0 aromatic heterocycles. The van der Waals surface area contributed by atoms with Crippen LogP contribution in [0.5, 0.6) is 0 Å². The number of aliphatic hydroxyl groups is 1. The van der Waals surface area contributed by atoms with Crippen molar-refractivity contribution in [3.05, 3.63) is 70.2 Å². The molecule has 2 rings (SSSR count). The van der Waals surface area contributed by atoms with Crippen LogP contribution in [0, 0.1) is 6.92 Å². The van der Waals surface area contributed by atoms with Gasteiger partial charge in [-0.2, -0.15) is 0 Å². The SMILES string of the molecule is Cc1cc(CNC(CCCO)c2ccccc2)ccc1Cl. The summed E-state index contributed by atoms with van der Waals surface area (Å²) in [6.07, 6.45) is 1.72. The predicted octanol–water partition coefficient (Wildman–Crippen LogP) is 4.25. The minimum Gasteiger partial charge on any atom is -0.396 e. The molecule has 0 saturated carbocycles. The summed E-state index contributed by atoms with van der Waals surface area (Å²) in [5.74, 6) is 0. The summed E-state index contributed by atoms with van der Waals surface area (Å²) < 4.78 is 0. The molecule has 2 aromatic rings. The van der Waals surface area contributed by atoms with Gasteiger partial charge < -0.3 is 10.4 Å². The van der Waals surface area contributed by atoms with Crippen molar-refractivity contribution in [1.29, 1.82) is 0 Å². The normalized spacial score (nSPS) is 12.3. The molecule has 0 saturated heterocycles. The molecule has 0 aliphatic carbocycles. The molecule has 2 aromatic carbocycles. The largest absolute Gasteiger partial charge is 0.396 e. The Hall–Kier alpha value is -1.35. The summed E-state index contributed by atoms with van der Waals surface area (Å²) in [5, 5.41) is 13.5. The molecule has 1 unspecified atom stereocenters. The van der Waals surface area contributed by atoms with E-state index in [-0.39, 0.29) is 12.6 Å². The van der Waals surface area contributed by atoms with Gasteiger partial charge in [0.2, 0.25) is 0 Å². The molecule has 112 valence electrons. The van der Waals surface area contributed by atoms with E-state index in [9.17, 15) is 0 Å². The average Bonchev–Trinajstić information content (AvgIpc) is 2.51. The highest BCUT2D eigenvalue weighted by atomic mass is 35.5. The second-order valence-electron chi connectivity index (χ2n) is 5.29. The number of aryl methyl sites for hydroxylation is 1. The van der Waals surface area contributed by atoms with Gasteiger partial charge >= 0.3 is 0 Å². The molecule has 0 amide bonds. The van der Waals surface area contributed by atoms with Crippen LogP contribution in [0.25, 0.3) is 0 Å². The highest BCUT2D eigenvalue weighted by Gasteiger charge is 2.10. The van der Waals surface area contributed by atoms with E-state index in [1.54, 1.807) is 0 Å². The number of halogens is 1. The van der Waals surface area contributed by atoms with Crippen molar-refractivity contribution in [2.75, 3.05) is 6.61 Å². The van der Waals surface area contributed by atoms with Crippen LogP contribution in [0.15, 0.2) is 48.5 Å². The maximum atomic E-state index is 9.07. The maximum absolute atomic E-state index is 9.07. The van der Waals surface area contributed by atoms with Gasteiger partial charge in [0.15, 0.2) is 0 Å². The number of hydrogen-bond donors (Lipinski definition) is 2. The van der Waals surface area contributed by atoms with Crippen molar-refractivity contribution in [2.24, 2.45) is 0 Å². The van der Waals surface area contributed by atoms with Crippen molar-refractivity contribution < 1.29 is 5.11 Å². The van der Waals surface area contributed by atoms with Crippen LogP contribution in [0.3, 0.4) is 0 Å². The third kappa shape index (κ3) is 4.85. The molecular formula is C18H22ClNO. The highest BCUT2D eigenvalue weighted by Crippen LogP contribution is 2.20. The smallest absolute Gasteiger partial charge is 0.0435 e. The Morgan fingerprint density at radius 3 is 2.57 bits per heavy atom. The monoisotopic (exact) mass is 303 g/mol. The predicted molar refractivity (Wildman–Crippen MR) is 88.5 cm³/mol. The first-order valence-corrected chi connectivity index (χ1v) is 7.72. The number of aliphatic hydroxyl groups excluding tert-OH is 1. The van der Waals surface area contributed by atoms with Gasteiger partial charge in [-0.3, -0.25) is 0 Å². The number of rotatable bonds is 7. The fourth-order valence-corrected chi connectivity index (χ4v) is 2.54. The highest BCUT2D eigenvalue weighted by molar-refractivity contribution is 6.31. The molecular weight excluding hydrogens is 282 g/mol. The lowest BCUT2D eigenvalue weighted by molar-refractivity contribution is 0.275. The van der Waals surface area contributed by atoms with Gasteiger partial charge in [0.25, 0.3) is 0 Å². The molecule has 0 aliphatic heterocycles. The zero-order valence-corrected chi connectivity index (χ0v) is 13.1. The van der Waals surface area contributed by atoms with E-state index in [4.69, 9.17) is 16.7 Å². The fourth-order valence-electron chi connectivity index (χ4n) is 2.43. The van der Waals surface area contributed by atoms with E-state index < -0.39 is 0 Å². The van der Waals surface area contributed by atoms with E-state index >= 15 is 0 Å². The third-order valence-corrected chi connectivity index (χ3v) is 4.05. The molecule has 0 bridgehead atoms. The Labute approximate surface area is 131 Å². The van der Waals surface area contributed by atoms with Gasteiger partial charge in [-0.05, 0) is 42.5 Å². The standard InChI is InChI=1S/C18H22ClNO/c1-14-12-15(9-10-17(14)19)13-20-18(8-5-11-21)16-6-3-2-4-7-16/h2-4,6-7,9-10,12,18,20-21H,5,8,11,13H2,1H3. The van der Waals surface area contributed by atoms with Crippen LogP contribution in [-0.4, -0.2) is 11.7 Å². The Kier molecular flexibility index (Phi) is 6.24. The average molecular weight is 304 g/mol. The summed E-state index contributed by atoms with van der Waals surface area (Å²) in [5.41, 5.74) is 3.58. The Morgan fingerprint density at radius 1 is 1.14 bits per heavy atom. The lowest BCUT2D eigenvalue weighted by Crippen LogP contribution is -2.21. The summed E-state index contributed by atoms with van der Waals surface area (Å²) >= 11 is 6.06. The molecule has 0 heterocycles. The van der Waals surface area contributed by atoms with Crippen LogP contribution in [-0.2, 0) is 6.54 Å². The minimum absolute atomic E-state index is 0.227. The van der Waals surface area contributed by atoms with Gasteiger partial charge in [-0.15, -0.1) is 0 Å². The van der Waals surface area contributed by atoms with E-state index in [0.29, 0.717) is 0 Å². The molecule has 2 N–H and O–H groups in total. The Balaban J connectivity index is 2.03. The van der Waals surface area contributed by atoms with Crippen molar-refractivity contribution in [3.63, 3.8) is 0 Å². The van der Waals surface area contributed by atoms with Gasteiger partial charge in [-0.25, -0.2) is 0 Å². The van der Waals surface area contributed by atoms with E-state index in [1.807, 2.05) is 19.1 Å². The minimum atomic E-state index is 0.227. The zero-order chi connectivity index (χ0) is 15.1. The second kappa shape index (κ2) is 8.18. The van der Waals surface area contributed by atoms with Crippen molar-refractivity contribution in [2.45, 2.75) is 32.4 Å². The molecule has 0 spiro atoms. The quantitative estimate of drug-likeness (QED) is 0.801. The molecule has 0 aliphatic rings. The first kappa shape index (κ1) is 16.0. The lowest BCUT2D eigenvalue weighted by Gasteiger charge is -2.19. The van der Waals surface area contributed by atoms with E-state index in [2.05, 4.69) is 41.7 Å². The maximum Gasteiger partial charge on any atom is 0.0435 e. The van der Waals surface area contributed by atoms with Crippen molar-refractivity contribution in [3.8, 4) is 0 Å². The third-order valence-electron chi connectivity index (χ3n) is 3.63. The van der Waals surface area contributed by atoms with Gasteiger partial charge in [0, 0.05) is 24.2 Å². The van der Waals surface area contributed by atoms with Crippen LogP contribution in [0.1, 0.15) is 35.6 Å². The van der Waals surface area contributed by atoms with Gasteiger partial charge in [0.1, 0.15) is 0 Å². The molecule has 0 radical (unpaired) electrons. The van der Waals surface area contributed by atoms with E-state index in [0.717, 1.165) is 30.0 Å². The summed E-state index contributed by atoms with van der Waals surface area (Å²) in [6, 6.07) is 16.7. The van der Waals surface area contributed by atoms with Crippen LogP contribution < -0.4 is 5.32 Å². The molecule has 0 fully saturated rings. The Bertz CT molecular complexity index is 556. The second-order valence-corrected chi connectivity index (χ2v) is 5.70. The lowest BCUT2D eigenvalue weighted by atomic mass is 10.0. The zero-order valence-electron chi connectivity index (χ0n) is 12.3. The topological polar surface area (TPSA) is 32.3 Å². The number of nitrogens with one attached hydrogen (secondary N) is 1. The first-order chi connectivity index (χ1) is 10.2. The van der Waals surface area contributed by atoms with Crippen molar-refractivity contribution >= 4 is 11.6 Å². The van der Waals surface area contributed by atoms with Crippen LogP contribution in [0.2, 0.25) is 5.02 Å². The van der Waals surface area contributed by atoms with Gasteiger partial charge in [0.05, 0.1) is 0 Å². The first-order valence-electron chi connectivity index (χ1n) is 7.35. The van der Waals surface area contributed by atoms with Crippen LogP contribution in [0.4, 0.5) is 0 Å². The Morgan fingerprint density at radius 2 is 1.90 bits per heavy atom.